The van der Waals surface area contributed by atoms with Crippen molar-refractivity contribution in [2.45, 2.75) is 61.0 Å². The fourth-order valence-electron chi connectivity index (χ4n) is 5.05. The molecule has 2 aromatic carbocycles. The van der Waals surface area contributed by atoms with Gasteiger partial charge in [-0.1, -0.05) is 0 Å². The number of aliphatic hydroxyl groups excluding tert-OH is 8. The lowest BCUT2D eigenvalue weighted by Gasteiger charge is -2.40. The molecule has 230 valence electrons. The molecule has 0 aliphatic carbocycles. The van der Waals surface area contributed by atoms with Gasteiger partial charge in [-0.15, -0.1) is 0 Å². The molecule has 2 heterocycles. The van der Waals surface area contributed by atoms with Crippen molar-refractivity contribution in [1.29, 1.82) is 0 Å². The quantitative estimate of drug-likeness (QED) is 0.109. The standard InChI is InChI=1S/C26H30O16/c27-5-11-19(35)21(37)23(39)25(41-11)13-9(29)3-1-7(15(13)31)17(33)18(34)8-2-4-10(30)14(16(8)32)26-24(40)22(38)20(36)12(6-28)42-26/h1-4,11-12,19-32,35-40H,5-6H2. The van der Waals surface area contributed by atoms with Gasteiger partial charge in [0.1, 0.15) is 84.0 Å². The van der Waals surface area contributed by atoms with Gasteiger partial charge in [-0.2, -0.15) is 0 Å². The summed E-state index contributed by atoms with van der Waals surface area (Å²) in [6.45, 7) is -1.67. The average Bonchev–Trinajstić information content (AvgIpc) is 2.96. The Balaban J connectivity index is 1.72. The van der Waals surface area contributed by atoms with Crippen LogP contribution < -0.4 is 0 Å². The van der Waals surface area contributed by atoms with Gasteiger partial charge < -0.3 is 70.8 Å². The summed E-state index contributed by atoms with van der Waals surface area (Å²) in [5.74, 6) is -6.63. The van der Waals surface area contributed by atoms with Crippen LogP contribution in [0.5, 0.6) is 23.0 Å². The number of benzene rings is 2. The van der Waals surface area contributed by atoms with E-state index in [0.29, 0.717) is 0 Å². The zero-order valence-electron chi connectivity index (χ0n) is 21.5. The molecule has 0 spiro atoms. The number of hydrogen-bond donors (Lipinski definition) is 12. The lowest BCUT2D eigenvalue weighted by Crippen LogP contribution is -2.55. The molecule has 0 saturated carbocycles. The maximum atomic E-state index is 13.2. The predicted molar refractivity (Wildman–Crippen MR) is 134 cm³/mol. The summed E-state index contributed by atoms with van der Waals surface area (Å²) >= 11 is 0. The Hall–Kier alpha value is -3.42. The van der Waals surface area contributed by atoms with Crippen molar-refractivity contribution in [2.75, 3.05) is 13.2 Å². The normalized spacial score (nSPS) is 33.3. The number of carbonyl (C=O) groups excluding carboxylic acids is 2. The van der Waals surface area contributed by atoms with Crippen LogP contribution >= 0.6 is 0 Å². The van der Waals surface area contributed by atoms with Gasteiger partial charge in [-0.25, -0.2) is 0 Å². The highest BCUT2D eigenvalue weighted by Gasteiger charge is 2.48. The highest BCUT2D eigenvalue weighted by molar-refractivity contribution is 6.50. The molecule has 42 heavy (non-hydrogen) atoms. The van der Waals surface area contributed by atoms with Crippen molar-refractivity contribution < 1.29 is 80.3 Å². The van der Waals surface area contributed by atoms with E-state index in [1.54, 1.807) is 0 Å². The predicted octanol–water partition coefficient (Wildman–Crippen LogP) is -3.40. The minimum absolute atomic E-state index is 0.664. The molecule has 2 aromatic rings. The molecular weight excluding hydrogens is 568 g/mol. The van der Waals surface area contributed by atoms with Gasteiger partial charge in [-0.3, -0.25) is 9.59 Å². The molecular formula is C26H30O16. The second-order valence-corrected chi connectivity index (χ2v) is 9.95. The summed E-state index contributed by atoms with van der Waals surface area (Å²) in [6, 6.07) is 3.36. The molecule has 0 aromatic heterocycles. The van der Waals surface area contributed by atoms with Crippen LogP contribution in [0.3, 0.4) is 0 Å². The maximum Gasteiger partial charge on any atom is 0.237 e. The number of carbonyl (C=O) groups is 2. The Morgan fingerprint density at radius 2 is 0.881 bits per heavy atom. The first kappa shape index (κ1) is 31.5. The average molecular weight is 599 g/mol. The largest absolute Gasteiger partial charge is 0.507 e. The monoisotopic (exact) mass is 598 g/mol. The van der Waals surface area contributed by atoms with Gasteiger partial charge >= 0.3 is 0 Å². The van der Waals surface area contributed by atoms with Crippen molar-refractivity contribution in [3.63, 3.8) is 0 Å². The third-order valence-electron chi connectivity index (χ3n) is 7.44. The maximum absolute atomic E-state index is 13.2. The summed E-state index contributed by atoms with van der Waals surface area (Å²) in [5, 5.41) is 122. The minimum atomic E-state index is -1.97. The van der Waals surface area contributed by atoms with E-state index in [0.717, 1.165) is 24.3 Å². The Kier molecular flexibility index (Phi) is 9.05. The number of hydrogen-bond acceptors (Lipinski definition) is 16. The first-order chi connectivity index (χ1) is 19.8. The Morgan fingerprint density at radius 1 is 0.548 bits per heavy atom. The van der Waals surface area contributed by atoms with Crippen LogP contribution in [0.1, 0.15) is 44.1 Å². The third kappa shape index (κ3) is 5.18. The summed E-state index contributed by atoms with van der Waals surface area (Å²) in [4.78, 5) is 26.5. The lowest BCUT2D eigenvalue weighted by atomic mass is 9.87. The zero-order chi connectivity index (χ0) is 31.2. The first-order valence-electron chi connectivity index (χ1n) is 12.6. The molecule has 12 N–H and O–H groups in total. The molecule has 2 aliphatic rings. The van der Waals surface area contributed by atoms with Gasteiger partial charge in [0.25, 0.3) is 0 Å². The topological polar surface area (TPSA) is 295 Å². The number of ketones is 2. The number of phenolic OH excluding ortho intramolecular Hbond substituents is 4. The van der Waals surface area contributed by atoms with E-state index >= 15 is 0 Å². The smallest absolute Gasteiger partial charge is 0.237 e. The van der Waals surface area contributed by atoms with Crippen LogP contribution in [0, 0.1) is 0 Å². The summed E-state index contributed by atoms with van der Waals surface area (Å²) in [7, 11) is 0. The van der Waals surface area contributed by atoms with Crippen molar-refractivity contribution in [1.82, 2.24) is 0 Å². The number of ether oxygens (including phenoxy) is 2. The van der Waals surface area contributed by atoms with E-state index in [4.69, 9.17) is 9.47 Å². The van der Waals surface area contributed by atoms with E-state index in [1.165, 1.54) is 0 Å². The fraction of sp³-hybridized carbons (Fsp3) is 0.462. The van der Waals surface area contributed by atoms with Crippen LogP contribution in [0.2, 0.25) is 0 Å². The molecule has 10 atom stereocenters. The molecule has 4 rings (SSSR count). The summed E-state index contributed by atoms with van der Waals surface area (Å²) < 4.78 is 10.7. The van der Waals surface area contributed by atoms with Crippen LogP contribution in [0.15, 0.2) is 24.3 Å². The van der Waals surface area contributed by atoms with Gasteiger partial charge in [0.05, 0.1) is 35.5 Å². The lowest BCUT2D eigenvalue weighted by molar-refractivity contribution is -0.232. The van der Waals surface area contributed by atoms with E-state index in [1.807, 2.05) is 0 Å². The molecule has 0 bridgehead atoms. The van der Waals surface area contributed by atoms with Gasteiger partial charge in [0.15, 0.2) is 0 Å². The number of rotatable bonds is 7. The second kappa shape index (κ2) is 12.1. The summed E-state index contributed by atoms with van der Waals surface area (Å²) in [5.41, 5.74) is -2.87. The molecule has 2 saturated heterocycles. The number of Topliss-reactive ketones (excluding diaryl/α,β-unsaturated/α-hetero) is 2. The second-order valence-electron chi connectivity index (χ2n) is 9.95. The van der Waals surface area contributed by atoms with Gasteiger partial charge in [0.2, 0.25) is 11.6 Å². The Labute approximate surface area is 236 Å². The third-order valence-corrected chi connectivity index (χ3v) is 7.44. The molecule has 0 amide bonds. The molecule has 2 fully saturated rings. The highest BCUT2D eigenvalue weighted by atomic mass is 16.6. The molecule has 0 radical (unpaired) electrons. The van der Waals surface area contributed by atoms with E-state index in [9.17, 15) is 70.9 Å². The van der Waals surface area contributed by atoms with Crippen LogP contribution in [0.25, 0.3) is 0 Å². The van der Waals surface area contributed by atoms with E-state index in [2.05, 4.69) is 0 Å². The highest BCUT2D eigenvalue weighted by Crippen LogP contribution is 2.45. The Morgan fingerprint density at radius 3 is 1.19 bits per heavy atom. The molecule has 2 aliphatic heterocycles. The number of aliphatic hydroxyl groups is 8. The van der Waals surface area contributed by atoms with Crippen molar-refractivity contribution in [3.05, 3.63) is 46.5 Å². The van der Waals surface area contributed by atoms with Gasteiger partial charge in [0, 0.05) is 0 Å². The summed E-state index contributed by atoms with van der Waals surface area (Å²) in [6.07, 6.45) is -17.8. The van der Waals surface area contributed by atoms with E-state index < -0.39 is 131 Å². The van der Waals surface area contributed by atoms with Gasteiger partial charge in [-0.05, 0) is 24.3 Å². The molecule has 16 heteroatoms. The Bertz CT molecular complexity index is 1240. The SMILES string of the molecule is O=C(C(=O)c1ccc(O)c(C2OC(CO)C(O)C(O)C2O)c1O)c1ccc(O)c(C2OC(CO)C(O)C(O)C2O)c1O. The minimum Gasteiger partial charge on any atom is -0.507 e. The van der Waals surface area contributed by atoms with Crippen molar-refractivity contribution >= 4 is 11.6 Å². The molecule has 10 unspecified atom stereocenters. The van der Waals surface area contributed by atoms with Crippen LogP contribution in [0.4, 0.5) is 0 Å². The van der Waals surface area contributed by atoms with Crippen LogP contribution in [-0.2, 0) is 9.47 Å². The zero-order valence-corrected chi connectivity index (χ0v) is 21.5. The van der Waals surface area contributed by atoms with E-state index in [-0.39, 0.29) is 0 Å². The van der Waals surface area contributed by atoms with Crippen LogP contribution in [-0.4, -0.2) is 135 Å². The fourth-order valence-corrected chi connectivity index (χ4v) is 5.05. The molecule has 16 nitrogen and oxygen atoms in total. The van der Waals surface area contributed by atoms with Crippen molar-refractivity contribution in [3.8, 4) is 23.0 Å². The first-order valence-corrected chi connectivity index (χ1v) is 12.6. The number of phenols is 4. The number of aromatic hydroxyl groups is 4. The van der Waals surface area contributed by atoms with Crippen molar-refractivity contribution in [2.24, 2.45) is 0 Å².